The molecule has 0 unspecified atom stereocenters. The third kappa shape index (κ3) is 4.90. The lowest BCUT2D eigenvalue weighted by atomic mass is 9.90. The molecule has 0 aliphatic carbocycles. The first-order chi connectivity index (χ1) is 24.2. The van der Waals surface area contributed by atoms with Gasteiger partial charge in [0.15, 0.2) is 5.82 Å². The lowest BCUT2D eigenvalue weighted by molar-refractivity contribution is 0.669. The second-order valence-corrected chi connectivity index (χ2v) is 12.5. The van der Waals surface area contributed by atoms with Crippen LogP contribution in [0.1, 0.15) is 19.5 Å². The number of benzene rings is 7. The number of allylic oxidation sites excluding steroid dienone is 4. The molecule has 0 amide bonds. The van der Waals surface area contributed by atoms with Crippen LogP contribution in [0.25, 0.3) is 94.0 Å². The molecule has 0 saturated heterocycles. The molecule has 0 aliphatic rings. The molecule has 9 rings (SSSR count). The zero-order valence-electron chi connectivity index (χ0n) is 27.3. The standard InChI is InChI=1S/C46H32N2O/c1-3-13-29(4-2)40-28-41(31-16-9-6-10-17-31)48-46(47-40)34-19-11-18-32(24-34)33-22-23-36-38(25-33)37-20-12-21-42-44(37)45-39(36)26-35(27-43(45)49-42)30-14-7-5-8-15-30/h3-28H,1-2H3/b13-3-,29-4+. The summed E-state index contributed by atoms with van der Waals surface area (Å²) in [5.41, 5.74) is 11.3. The Labute approximate surface area is 284 Å². The fraction of sp³-hybridized carbons (Fsp3) is 0.0435. The van der Waals surface area contributed by atoms with E-state index < -0.39 is 0 Å². The van der Waals surface area contributed by atoms with Gasteiger partial charge < -0.3 is 4.42 Å². The van der Waals surface area contributed by atoms with Crippen molar-refractivity contribution in [3.63, 3.8) is 0 Å². The van der Waals surface area contributed by atoms with Gasteiger partial charge in [0, 0.05) is 21.9 Å². The Kier molecular flexibility index (Phi) is 6.91. The van der Waals surface area contributed by atoms with Crippen LogP contribution in [-0.4, -0.2) is 9.97 Å². The lowest BCUT2D eigenvalue weighted by Crippen LogP contribution is -1.98. The molecule has 0 radical (unpaired) electrons. The Morgan fingerprint density at radius 1 is 0.490 bits per heavy atom. The zero-order valence-corrected chi connectivity index (χ0v) is 27.3. The SMILES string of the molecule is C/C=C\C(=C/C)c1cc(-c2ccccc2)nc(-c2cccc(-c3ccc4c(c3)c3cccc5oc6cc(-c7ccccc7)cc4c6c53)c2)n1. The third-order valence-corrected chi connectivity index (χ3v) is 9.51. The number of fused-ring (bicyclic) bond motifs is 3. The Balaban J connectivity index is 1.22. The van der Waals surface area contributed by atoms with Crippen molar-refractivity contribution in [1.82, 2.24) is 9.97 Å². The molecule has 7 aromatic carbocycles. The van der Waals surface area contributed by atoms with Gasteiger partial charge in [-0.15, -0.1) is 0 Å². The van der Waals surface area contributed by atoms with Crippen LogP contribution in [0.3, 0.4) is 0 Å². The number of furan rings is 1. The minimum absolute atomic E-state index is 0.702. The average Bonchev–Trinajstić information content (AvgIpc) is 3.56. The number of nitrogens with zero attached hydrogens (tertiary/aromatic N) is 2. The second kappa shape index (κ2) is 11.7. The maximum atomic E-state index is 6.50. The largest absolute Gasteiger partial charge is 0.456 e. The van der Waals surface area contributed by atoms with Gasteiger partial charge in [-0.05, 0) is 99.6 Å². The Hall–Kier alpha value is -6.32. The molecule has 2 aromatic heterocycles. The summed E-state index contributed by atoms with van der Waals surface area (Å²) in [7, 11) is 0. The molecule has 0 aliphatic heterocycles. The minimum Gasteiger partial charge on any atom is -0.456 e. The first-order valence-corrected chi connectivity index (χ1v) is 16.7. The summed E-state index contributed by atoms with van der Waals surface area (Å²) in [6, 6.07) is 49.3. The van der Waals surface area contributed by atoms with Crippen LogP contribution >= 0.6 is 0 Å². The van der Waals surface area contributed by atoms with Crippen molar-refractivity contribution in [3.05, 3.63) is 163 Å². The molecule has 0 bridgehead atoms. The molecular weight excluding hydrogens is 597 g/mol. The normalized spacial score (nSPS) is 12.3. The van der Waals surface area contributed by atoms with Crippen molar-refractivity contribution in [2.75, 3.05) is 0 Å². The summed E-state index contributed by atoms with van der Waals surface area (Å²) in [6.07, 6.45) is 6.24. The molecule has 0 fully saturated rings. The van der Waals surface area contributed by atoms with Gasteiger partial charge in [-0.2, -0.15) is 0 Å². The van der Waals surface area contributed by atoms with Gasteiger partial charge in [0.05, 0.1) is 11.4 Å². The van der Waals surface area contributed by atoms with Gasteiger partial charge in [0.2, 0.25) is 0 Å². The number of aromatic nitrogens is 2. The smallest absolute Gasteiger partial charge is 0.160 e. The van der Waals surface area contributed by atoms with Gasteiger partial charge in [0.1, 0.15) is 11.2 Å². The van der Waals surface area contributed by atoms with E-state index in [-0.39, 0.29) is 0 Å². The van der Waals surface area contributed by atoms with Crippen LogP contribution in [0.15, 0.2) is 162 Å². The highest BCUT2D eigenvalue weighted by Gasteiger charge is 2.19. The monoisotopic (exact) mass is 628 g/mol. The van der Waals surface area contributed by atoms with Gasteiger partial charge in [0.25, 0.3) is 0 Å². The molecule has 232 valence electrons. The summed E-state index contributed by atoms with van der Waals surface area (Å²) in [6.45, 7) is 4.08. The summed E-state index contributed by atoms with van der Waals surface area (Å²) in [5, 5.41) is 7.22. The van der Waals surface area contributed by atoms with Gasteiger partial charge >= 0.3 is 0 Å². The Bertz CT molecular complexity index is 2720. The van der Waals surface area contributed by atoms with Crippen LogP contribution in [0.2, 0.25) is 0 Å². The van der Waals surface area contributed by atoms with Crippen molar-refractivity contribution in [3.8, 4) is 44.9 Å². The molecule has 0 saturated carbocycles. The lowest BCUT2D eigenvalue weighted by Gasteiger charge is -2.13. The van der Waals surface area contributed by atoms with Crippen molar-refractivity contribution in [2.24, 2.45) is 0 Å². The second-order valence-electron chi connectivity index (χ2n) is 12.5. The number of hydrogen-bond donors (Lipinski definition) is 0. The first kappa shape index (κ1) is 28.9. The quantitative estimate of drug-likeness (QED) is 0.136. The van der Waals surface area contributed by atoms with Crippen LogP contribution in [0.4, 0.5) is 0 Å². The maximum absolute atomic E-state index is 6.50. The predicted molar refractivity (Wildman–Crippen MR) is 206 cm³/mol. The van der Waals surface area contributed by atoms with E-state index in [2.05, 4.69) is 133 Å². The minimum atomic E-state index is 0.702. The van der Waals surface area contributed by atoms with Crippen molar-refractivity contribution in [2.45, 2.75) is 13.8 Å². The third-order valence-electron chi connectivity index (χ3n) is 9.51. The summed E-state index contributed by atoms with van der Waals surface area (Å²) in [5.74, 6) is 0.702. The van der Waals surface area contributed by atoms with Crippen LogP contribution in [-0.2, 0) is 0 Å². The number of rotatable bonds is 6. The van der Waals surface area contributed by atoms with Crippen LogP contribution in [0.5, 0.6) is 0 Å². The predicted octanol–water partition coefficient (Wildman–Crippen LogP) is 12.8. The van der Waals surface area contributed by atoms with Crippen LogP contribution in [0, 0.1) is 0 Å². The highest BCUT2D eigenvalue weighted by atomic mass is 16.3. The Morgan fingerprint density at radius 3 is 1.98 bits per heavy atom. The molecule has 3 nitrogen and oxygen atoms in total. The first-order valence-electron chi connectivity index (χ1n) is 16.7. The number of hydrogen-bond acceptors (Lipinski definition) is 3. The summed E-state index contributed by atoms with van der Waals surface area (Å²) < 4.78 is 6.50. The van der Waals surface area contributed by atoms with E-state index >= 15 is 0 Å². The average molecular weight is 629 g/mol. The van der Waals surface area contributed by atoms with Gasteiger partial charge in [-0.25, -0.2) is 9.97 Å². The summed E-state index contributed by atoms with van der Waals surface area (Å²) in [4.78, 5) is 10.2. The van der Waals surface area contributed by atoms with Crippen molar-refractivity contribution >= 4 is 49.1 Å². The highest BCUT2D eigenvalue weighted by molar-refractivity contribution is 6.33. The molecule has 9 aromatic rings. The fourth-order valence-electron chi connectivity index (χ4n) is 7.19. The van der Waals surface area contributed by atoms with E-state index in [4.69, 9.17) is 14.4 Å². The topological polar surface area (TPSA) is 38.9 Å². The van der Waals surface area contributed by atoms with Crippen molar-refractivity contribution < 1.29 is 4.42 Å². The Morgan fingerprint density at radius 2 is 1.18 bits per heavy atom. The molecule has 0 spiro atoms. The molecule has 0 N–H and O–H groups in total. The summed E-state index contributed by atoms with van der Waals surface area (Å²) >= 11 is 0. The van der Waals surface area contributed by atoms with E-state index in [9.17, 15) is 0 Å². The van der Waals surface area contributed by atoms with Gasteiger partial charge in [-0.1, -0.05) is 121 Å². The fourth-order valence-corrected chi connectivity index (χ4v) is 7.19. The molecule has 0 atom stereocenters. The molecule has 3 heteroatoms. The molecule has 2 heterocycles. The zero-order chi connectivity index (χ0) is 32.9. The maximum Gasteiger partial charge on any atom is 0.160 e. The van der Waals surface area contributed by atoms with E-state index in [0.29, 0.717) is 5.82 Å². The highest BCUT2D eigenvalue weighted by Crippen LogP contribution is 2.45. The van der Waals surface area contributed by atoms with Crippen LogP contribution < -0.4 is 0 Å². The van der Waals surface area contributed by atoms with Gasteiger partial charge in [-0.3, -0.25) is 0 Å². The van der Waals surface area contributed by atoms with Crippen molar-refractivity contribution in [1.29, 1.82) is 0 Å². The molecular formula is C46H32N2O. The van der Waals surface area contributed by atoms with E-state index in [1.165, 1.54) is 37.9 Å². The molecule has 49 heavy (non-hydrogen) atoms. The van der Waals surface area contributed by atoms with E-state index in [0.717, 1.165) is 55.9 Å². The van der Waals surface area contributed by atoms with E-state index in [1.54, 1.807) is 0 Å². The van der Waals surface area contributed by atoms with E-state index in [1.807, 2.05) is 38.1 Å².